The minimum absolute atomic E-state index is 0.0132. The normalized spacial score (nSPS) is 42.4. The minimum Gasteiger partial charge on any atom is -0.355 e. The van der Waals surface area contributed by atoms with Gasteiger partial charge >= 0.3 is 0 Å². The van der Waals surface area contributed by atoms with E-state index in [1.165, 1.54) is 0 Å². The number of nitrogens with one attached hydrogen (secondary N) is 3. The van der Waals surface area contributed by atoms with Gasteiger partial charge in [-0.25, -0.2) is 4.39 Å². The molecule has 0 radical (unpaired) electrons. The summed E-state index contributed by atoms with van der Waals surface area (Å²) in [5, 5.41) is 9.64. The molecule has 4 rings (SSSR count). The van der Waals surface area contributed by atoms with Gasteiger partial charge in [-0.15, -0.1) is 0 Å². The van der Waals surface area contributed by atoms with E-state index in [2.05, 4.69) is 27.8 Å². The van der Waals surface area contributed by atoms with Crippen LogP contribution in [0.1, 0.15) is 58.3 Å². The molecule has 28 heavy (non-hydrogen) atoms. The van der Waals surface area contributed by atoms with E-state index in [1.54, 1.807) is 0 Å². The van der Waals surface area contributed by atoms with Crippen LogP contribution in [0.15, 0.2) is 0 Å². The number of alkyl halides is 1. The Labute approximate surface area is 167 Å². The molecule has 2 aliphatic carbocycles. The first-order valence-electron chi connectivity index (χ1n) is 11.2. The van der Waals surface area contributed by atoms with E-state index in [0.29, 0.717) is 37.8 Å². The fraction of sp³-hybridized carbons (Fsp3) is 0.905. The van der Waals surface area contributed by atoms with Crippen LogP contribution in [-0.2, 0) is 9.59 Å². The van der Waals surface area contributed by atoms with Crippen LogP contribution in [0.25, 0.3) is 0 Å². The van der Waals surface area contributed by atoms with Crippen molar-refractivity contribution in [1.82, 2.24) is 20.9 Å². The number of hydrogen-bond donors (Lipinski definition) is 3. The number of rotatable bonds is 3. The first-order valence-corrected chi connectivity index (χ1v) is 11.2. The number of halogens is 1. The molecule has 7 atom stereocenters. The molecule has 2 amide bonds. The molecule has 2 saturated heterocycles. The lowest BCUT2D eigenvalue weighted by Crippen LogP contribution is -2.51. The zero-order valence-electron chi connectivity index (χ0n) is 17.0. The van der Waals surface area contributed by atoms with Crippen molar-refractivity contribution < 1.29 is 14.0 Å². The summed E-state index contributed by atoms with van der Waals surface area (Å²) < 4.78 is 14.3. The standard InChI is InChI=1S/C21H35FN4O2/c1-13-5-6-17(22)16-12-18(25-20(13)16)21(28)24-14-3-2-4-15(11-14)26-9-7-19(27)23-8-10-26/h13-18,20,25H,2-12H2,1H3,(H,23,27)(H,24,28)/t13?,14-,15?,16?,17?,18?,20?/m1/s1. The highest BCUT2D eigenvalue weighted by Gasteiger charge is 2.46. The Bertz CT molecular complexity index is 571. The van der Waals surface area contributed by atoms with Gasteiger partial charge in [-0.2, -0.15) is 0 Å². The predicted molar refractivity (Wildman–Crippen MR) is 105 cm³/mol. The number of nitrogens with zero attached hydrogens (tertiary/aromatic N) is 1. The summed E-state index contributed by atoms with van der Waals surface area (Å²) in [6.45, 7) is 4.58. The first kappa shape index (κ1) is 20.1. The molecule has 0 aromatic rings. The van der Waals surface area contributed by atoms with Crippen molar-refractivity contribution in [3.63, 3.8) is 0 Å². The Balaban J connectivity index is 1.30. The number of carbonyl (C=O) groups is 2. The molecule has 0 bridgehead atoms. The second kappa shape index (κ2) is 8.66. The van der Waals surface area contributed by atoms with E-state index in [1.807, 2.05) is 0 Å². The van der Waals surface area contributed by atoms with E-state index in [-0.39, 0.29) is 35.9 Å². The van der Waals surface area contributed by atoms with Gasteiger partial charge in [0, 0.05) is 50.1 Å². The van der Waals surface area contributed by atoms with Crippen molar-refractivity contribution in [2.45, 2.75) is 88.6 Å². The molecule has 2 aliphatic heterocycles. The van der Waals surface area contributed by atoms with Crippen LogP contribution in [-0.4, -0.2) is 66.7 Å². The highest BCUT2D eigenvalue weighted by atomic mass is 19.1. The van der Waals surface area contributed by atoms with Crippen molar-refractivity contribution in [1.29, 1.82) is 0 Å². The van der Waals surface area contributed by atoms with Gasteiger partial charge in [-0.05, 0) is 50.9 Å². The maximum atomic E-state index is 14.3. The van der Waals surface area contributed by atoms with E-state index in [9.17, 15) is 14.0 Å². The van der Waals surface area contributed by atoms with Crippen molar-refractivity contribution in [2.24, 2.45) is 11.8 Å². The molecule has 4 aliphatic rings. The van der Waals surface area contributed by atoms with Crippen LogP contribution in [0.4, 0.5) is 4.39 Å². The number of hydrogen-bond acceptors (Lipinski definition) is 4. The Morgan fingerprint density at radius 3 is 2.86 bits per heavy atom. The molecule has 6 nitrogen and oxygen atoms in total. The van der Waals surface area contributed by atoms with E-state index >= 15 is 0 Å². The Kier molecular flexibility index (Phi) is 6.21. The highest BCUT2D eigenvalue weighted by molar-refractivity contribution is 5.82. The lowest BCUT2D eigenvalue weighted by atomic mass is 9.77. The summed E-state index contributed by atoms with van der Waals surface area (Å²) in [6.07, 6.45) is 6.13. The van der Waals surface area contributed by atoms with Crippen LogP contribution < -0.4 is 16.0 Å². The van der Waals surface area contributed by atoms with Gasteiger partial charge in [0.05, 0.1) is 6.04 Å². The van der Waals surface area contributed by atoms with Crippen molar-refractivity contribution in [2.75, 3.05) is 19.6 Å². The number of carbonyl (C=O) groups excluding carboxylic acids is 2. The van der Waals surface area contributed by atoms with Gasteiger partial charge in [-0.3, -0.25) is 14.5 Å². The second-order valence-electron chi connectivity index (χ2n) is 9.38. The molecule has 3 N–H and O–H groups in total. The molecule has 4 fully saturated rings. The summed E-state index contributed by atoms with van der Waals surface area (Å²) in [5.41, 5.74) is 0. The van der Waals surface area contributed by atoms with E-state index in [4.69, 9.17) is 0 Å². The minimum atomic E-state index is -0.773. The summed E-state index contributed by atoms with van der Waals surface area (Å²) in [4.78, 5) is 26.9. The monoisotopic (exact) mass is 394 g/mol. The molecule has 7 heteroatoms. The molecule has 2 saturated carbocycles. The molecule has 0 spiro atoms. The second-order valence-corrected chi connectivity index (χ2v) is 9.38. The van der Waals surface area contributed by atoms with Crippen LogP contribution >= 0.6 is 0 Å². The molecular formula is C21H35FN4O2. The topological polar surface area (TPSA) is 73.5 Å². The fourth-order valence-corrected chi connectivity index (χ4v) is 5.88. The first-order chi connectivity index (χ1) is 13.5. The van der Waals surface area contributed by atoms with Gasteiger partial charge < -0.3 is 16.0 Å². The zero-order chi connectivity index (χ0) is 19.7. The number of amides is 2. The molecule has 2 heterocycles. The summed E-state index contributed by atoms with van der Waals surface area (Å²) in [6, 6.07) is 0.497. The largest absolute Gasteiger partial charge is 0.355 e. The zero-order valence-corrected chi connectivity index (χ0v) is 17.0. The van der Waals surface area contributed by atoms with Gasteiger partial charge in [0.2, 0.25) is 11.8 Å². The maximum Gasteiger partial charge on any atom is 0.237 e. The van der Waals surface area contributed by atoms with Crippen LogP contribution in [0.3, 0.4) is 0 Å². The van der Waals surface area contributed by atoms with Gasteiger partial charge in [-0.1, -0.05) is 6.92 Å². The average molecular weight is 395 g/mol. The van der Waals surface area contributed by atoms with Crippen LogP contribution in [0.2, 0.25) is 0 Å². The van der Waals surface area contributed by atoms with Gasteiger partial charge in [0.25, 0.3) is 0 Å². The Hall–Kier alpha value is -1.21. The summed E-state index contributed by atoms with van der Waals surface area (Å²) >= 11 is 0. The fourth-order valence-electron chi connectivity index (χ4n) is 5.88. The van der Waals surface area contributed by atoms with E-state index < -0.39 is 6.17 Å². The SMILES string of the molecule is CC1CCC(F)C2CC(C(=O)N[C@@H]3CCCC(N4CCNC(=O)CC4)C3)NC12. The Morgan fingerprint density at radius 2 is 2.04 bits per heavy atom. The molecule has 158 valence electrons. The maximum absolute atomic E-state index is 14.3. The van der Waals surface area contributed by atoms with Crippen molar-refractivity contribution in [3.8, 4) is 0 Å². The number of fused-ring (bicyclic) bond motifs is 1. The summed E-state index contributed by atoms with van der Waals surface area (Å²) in [7, 11) is 0. The molecule has 6 unspecified atom stereocenters. The van der Waals surface area contributed by atoms with Crippen LogP contribution in [0, 0.1) is 11.8 Å². The molecule has 0 aromatic heterocycles. The molecule has 0 aromatic carbocycles. The lowest BCUT2D eigenvalue weighted by molar-refractivity contribution is -0.124. The molecular weight excluding hydrogens is 359 g/mol. The third kappa shape index (κ3) is 4.35. The van der Waals surface area contributed by atoms with Gasteiger partial charge in [0.1, 0.15) is 6.17 Å². The summed E-state index contributed by atoms with van der Waals surface area (Å²) in [5.74, 6) is 0.610. The third-order valence-corrected chi connectivity index (χ3v) is 7.51. The van der Waals surface area contributed by atoms with E-state index in [0.717, 1.165) is 45.2 Å². The smallest absolute Gasteiger partial charge is 0.237 e. The van der Waals surface area contributed by atoms with Gasteiger partial charge in [0.15, 0.2) is 0 Å². The van der Waals surface area contributed by atoms with Crippen molar-refractivity contribution in [3.05, 3.63) is 0 Å². The van der Waals surface area contributed by atoms with Crippen molar-refractivity contribution >= 4 is 11.8 Å². The van der Waals surface area contributed by atoms with Crippen LogP contribution in [0.5, 0.6) is 0 Å². The predicted octanol–water partition coefficient (Wildman–Crippen LogP) is 1.35. The Morgan fingerprint density at radius 1 is 1.18 bits per heavy atom. The third-order valence-electron chi connectivity index (χ3n) is 7.51. The average Bonchev–Trinajstić information content (AvgIpc) is 3.04. The lowest BCUT2D eigenvalue weighted by Gasteiger charge is -2.37. The quantitative estimate of drug-likeness (QED) is 0.676. The highest BCUT2D eigenvalue weighted by Crippen LogP contribution is 2.38.